The minimum atomic E-state index is 0.325. The van der Waals surface area contributed by atoms with Gasteiger partial charge in [-0.25, -0.2) is 0 Å². The van der Waals surface area contributed by atoms with E-state index < -0.39 is 0 Å². The zero-order chi connectivity index (χ0) is 17.1. The standard InChI is InChI=1S/C22H32N2O/c25-22(21-11-10-18-8-5-9-20(18)21)23-13-3-4-14-24-15-12-17-6-1-2-7-19(17)16-24/h1-2,6-7,18,20-21H,3-5,8-16H2,(H,23,25). The van der Waals surface area contributed by atoms with Gasteiger partial charge in [0.25, 0.3) is 0 Å². The Labute approximate surface area is 152 Å². The minimum absolute atomic E-state index is 0.325. The summed E-state index contributed by atoms with van der Waals surface area (Å²) in [5.41, 5.74) is 3.02. The second-order valence-electron chi connectivity index (χ2n) is 8.33. The molecular formula is C22H32N2O. The fraction of sp³-hybridized carbons (Fsp3) is 0.682. The molecule has 3 unspecified atom stereocenters. The quantitative estimate of drug-likeness (QED) is 0.800. The predicted octanol–water partition coefficient (Wildman–Crippen LogP) is 3.77. The first kappa shape index (κ1) is 17.1. The summed E-state index contributed by atoms with van der Waals surface area (Å²) in [7, 11) is 0. The van der Waals surface area contributed by atoms with Crippen molar-refractivity contribution in [2.24, 2.45) is 17.8 Å². The maximum Gasteiger partial charge on any atom is 0.223 e. The number of amides is 1. The Hall–Kier alpha value is -1.35. The van der Waals surface area contributed by atoms with Crippen molar-refractivity contribution in [1.29, 1.82) is 0 Å². The summed E-state index contributed by atoms with van der Waals surface area (Å²) in [5, 5.41) is 3.23. The molecule has 1 aromatic rings. The molecule has 2 fully saturated rings. The van der Waals surface area contributed by atoms with E-state index in [1.165, 1.54) is 56.2 Å². The maximum absolute atomic E-state index is 12.5. The molecule has 3 nitrogen and oxygen atoms in total. The SMILES string of the molecule is O=C(NCCCCN1CCc2ccccc2C1)C1CCC2CCCC21. The summed E-state index contributed by atoms with van der Waals surface area (Å²) in [4.78, 5) is 15.0. The lowest BCUT2D eigenvalue weighted by Crippen LogP contribution is -2.34. The van der Waals surface area contributed by atoms with E-state index in [9.17, 15) is 4.79 Å². The van der Waals surface area contributed by atoms with E-state index in [0.29, 0.717) is 17.7 Å². The fourth-order valence-corrected chi connectivity index (χ4v) is 5.44. The molecule has 1 aliphatic heterocycles. The summed E-state index contributed by atoms with van der Waals surface area (Å²) in [6.45, 7) is 4.28. The third kappa shape index (κ3) is 3.92. The van der Waals surface area contributed by atoms with Crippen LogP contribution in [0.1, 0.15) is 56.1 Å². The van der Waals surface area contributed by atoms with Crippen LogP contribution in [0.25, 0.3) is 0 Å². The zero-order valence-corrected chi connectivity index (χ0v) is 15.4. The molecule has 2 aliphatic carbocycles. The first-order valence-corrected chi connectivity index (χ1v) is 10.4. The van der Waals surface area contributed by atoms with Crippen LogP contribution in [0.5, 0.6) is 0 Å². The second kappa shape index (κ2) is 7.90. The third-order valence-electron chi connectivity index (χ3n) is 6.83. The van der Waals surface area contributed by atoms with Crippen molar-refractivity contribution in [3.63, 3.8) is 0 Å². The van der Waals surface area contributed by atoms with Crippen molar-refractivity contribution >= 4 is 5.91 Å². The molecule has 0 aromatic heterocycles. The van der Waals surface area contributed by atoms with Crippen LogP contribution in [0.2, 0.25) is 0 Å². The van der Waals surface area contributed by atoms with E-state index in [-0.39, 0.29) is 0 Å². The van der Waals surface area contributed by atoms with Crippen molar-refractivity contribution in [2.45, 2.75) is 57.9 Å². The molecule has 0 spiro atoms. The molecule has 136 valence electrons. The average Bonchev–Trinajstić information content (AvgIpc) is 3.24. The first-order valence-electron chi connectivity index (χ1n) is 10.4. The van der Waals surface area contributed by atoms with Gasteiger partial charge < -0.3 is 5.32 Å². The van der Waals surface area contributed by atoms with E-state index in [0.717, 1.165) is 38.4 Å². The molecule has 3 heteroatoms. The van der Waals surface area contributed by atoms with Gasteiger partial charge in [0.2, 0.25) is 5.91 Å². The Kier molecular flexibility index (Phi) is 5.40. The largest absolute Gasteiger partial charge is 0.356 e. The second-order valence-corrected chi connectivity index (χ2v) is 8.33. The van der Waals surface area contributed by atoms with Gasteiger partial charge in [0.15, 0.2) is 0 Å². The minimum Gasteiger partial charge on any atom is -0.356 e. The molecule has 1 aromatic carbocycles. The smallest absolute Gasteiger partial charge is 0.223 e. The van der Waals surface area contributed by atoms with Gasteiger partial charge >= 0.3 is 0 Å². The molecule has 3 aliphatic rings. The van der Waals surface area contributed by atoms with E-state index in [1.54, 1.807) is 0 Å². The van der Waals surface area contributed by atoms with Gasteiger partial charge in [0.05, 0.1) is 0 Å². The van der Waals surface area contributed by atoms with E-state index in [1.807, 2.05) is 0 Å². The Balaban J connectivity index is 1.13. The van der Waals surface area contributed by atoms with Crippen LogP contribution in [0.15, 0.2) is 24.3 Å². The van der Waals surface area contributed by atoms with Crippen molar-refractivity contribution in [1.82, 2.24) is 10.2 Å². The number of hydrogen-bond acceptors (Lipinski definition) is 2. The number of benzene rings is 1. The van der Waals surface area contributed by atoms with Crippen LogP contribution >= 0.6 is 0 Å². The summed E-state index contributed by atoms with van der Waals surface area (Å²) >= 11 is 0. The van der Waals surface area contributed by atoms with Crippen molar-refractivity contribution in [3.8, 4) is 0 Å². The number of hydrogen-bond donors (Lipinski definition) is 1. The number of fused-ring (bicyclic) bond motifs is 2. The molecule has 1 N–H and O–H groups in total. The van der Waals surface area contributed by atoms with Gasteiger partial charge in [-0.3, -0.25) is 9.69 Å². The number of carbonyl (C=O) groups excluding carboxylic acids is 1. The molecule has 0 bridgehead atoms. The van der Waals surface area contributed by atoms with Crippen LogP contribution in [0.3, 0.4) is 0 Å². The number of carbonyl (C=O) groups is 1. The Morgan fingerprint density at radius 1 is 1.08 bits per heavy atom. The Morgan fingerprint density at radius 2 is 1.96 bits per heavy atom. The van der Waals surface area contributed by atoms with Gasteiger partial charge in [-0.15, -0.1) is 0 Å². The van der Waals surface area contributed by atoms with Crippen LogP contribution in [0.4, 0.5) is 0 Å². The van der Waals surface area contributed by atoms with Crippen molar-refractivity contribution < 1.29 is 4.79 Å². The maximum atomic E-state index is 12.5. The molecule has 4 rings (SSSR count). The average molecular weight is 341 g/mol. The fourth-order valence-electron chi connectivity index (χ4n) is 5.44. The van der Waals surface area contributed by atoms with Crippen LogP contribution in [0, 0.1) is 17.8 Å². The number of rotatable bonds is 6. The molecule has 0 saturated heterocycles. The number of nitrogens with one attached hydrogen (secondary N) is 1. The highest BCUT2D eigenvalue weighted by atomic mass is 16.1. The topological polar surface area (TPSA) is 32.3 Å². The molecule has 1 amide bonds. The monoisotopic (exact) mass is 340 g/mol. The highest BCUT2D eigenvalue weighted by Crippen LogP contribution is 2.47. The zero-order valence-electron chi connectivity index (χ0n) is 15.4. The predicted molar refractivity (Wildman–Crippen MR) is 101 cm³/mol. The Morgan fingerprint density at radius 3 is 2.88 bits per heavy atom. The van der Waals surface area contributed by atoms with Crippen molar-refractivity contribution in [2.75, 3.05) is 19.6 Å². The summed E-state index contributed by atoms with van der Waals surface area (Å²) in [6.07, 6.45) is 9.89. The highest BCUT2D eigenvalue weighted by molar-refractivity contribution is 5.79. The lowest BCUT2D eigenvalue weighted by atomic mass is 9.91. The molecular weight excluding hydrogens is 308 g/mol. The van der Waals surface area contributed by atoms with Gasteiger partial charge in [-0.1, -0.05) is 37.1 Å². The number of unbranched alkanes of at least 4 members (excludes halogenated alkanes) is 1. The lowest BCUT2D eigenvalue weighted by molar-refractivity contribution is -0.126. The molecule has 1 heterocycles. The lowest BCUT2D eigenvalue weighted by Gasteiger charge is -2.28. The molecule has 0 radical (unpaired) electrons. The van der Waals surface area contributed by atoms with Crippen LogP contribution in [-0.2, 0) is 17.8 Å². The summed E-state index contributed by atoms with van der Waals surface area (Å²) in [6, 6.07) is 8.82. The van der Waals surface area contributed by atoms with Gasteiger partial charge in [-0.05, 0) is 68.0 Å². The first-order chi connectivity index (χ1) is 12.3. The van der Waals surface area contributed by atoms with E-state index >= 15 is 0 Å². The normalized spacial score (nSPS) is 28.6. The van der Waals surface area contributed by atoms with Gasteiger partial charge in [0.1, 0.15) is 0 Å². The van der Waals surface area contributed by atoms with E-state index in [2.05, 4.69) is 34.5 Å². The van der Waals surface area contributed by atoms with Crippen LogP contribution < -0.4 is 5.32 Å². The van der Waals surface area contributed by atoms with Gasteiger partial charge in [-0.2, -0.15) is 0 Å². The highest BCUT2D eigenvalue weighted by Gasteiger charge is 2.42. The van der Waals surface area contributed by atoms with Gasteiger partial charge in [0, 0.05) is 25.6 Å². The van der Waals surface area contributed by atoms with Crippen molar-refractivity contribution in [3.05, 3.63) is 35.4 Å². The van der Waals surface area contributed by atoms with E-state index in [4.69, 9.17) is 0 Å². The third-order valence-corrected chi connectivity index (χ3v) is 6.83. The molecule has 3 atom stereocenters. The molecule has 2 saturated carbocycles. The van der Waals surface area contributed by atoms with Crippen LogP contribution in [-0.4, -0.2) is 30.4 Å². The molecule has 25 heavy (non-hydrogen) atoms. The Bertz CT molecular complexity index is 599. The number of nitrogens with zero attached hydrogens (tertiary/aromatic N) is 1. The summed E-state index contributed by atoms with van der Waals surface area (Å²) < 4.78 is 0. The summed E-state index contributed by atoms with van der Waals surface area (Å²) in [5.74, 6) is 2.23.